The van der Waals surface area contributed by atoms with Crippen LogP contribution in [0.5, 0.6) is 0 Å². The molecular formula is C46H35BN2S. The predicted molar refractivity (Wildman–Crippen MR) is 215 cm³/mol. The number of nitrogens with zero attached hydrogens (tertiary/aromatic N) is 1. The maximum absolute atomic E-state index is 3.91. The van der Waals surface area contributed by atoms with Crippen molar-refractivity contribution in [3.05, 3.63) is 162 Å². The van der Waals surface area contributed by atoms with E-state index in [9.17, 15) is 0 Å². The summed E-state index contributed by atoms with van der Waals surface area (Å²) in [5.74, 6) is 0. The highest BCUT2D eigenvalue weighted by Gasteiger charge is 2.35. The number of hydrogen-bond donors (Lipinski definition) is 1. The van der Waals surface area contributed by atoms with E-state index in [0.29, 0.717) is 0 Å². The number of anilines is 2. The van der Waals surface area contributed by atoms with Gasteiger partial charge in [0.2, 0.25) is 0 Å². The van der Waals surface area contributed by atoms with E-state index < -0.39 is 0 Å². The molecule has 0 radical (unpaired) electrons. The lowest BCUT2D eigenvalue weighted by Crippen LogP contribution is -2.37. The summed E-state index contributed by atoms with van der Waals surface area (Å²) >= 11 is 1.90. The van der Waals surface area contributed by atoms with Crippen LogP contribution < -0.4 is 16.2 Å². The summed E-state index contributed by atoms with van der Waals surface area (Å²) < 4.78 is 2.54. The summed E-state index contributed by atoms with van der Waals surface area (Å²) in [6.07, 6.45) is 0. The molecule has 2 aliphatic rings. The van der Waals surface area contributed by atoms with Crippen molar-refractivity contribution in [3.63, 3.8) is 0 Å². The van der Waals surface area contributed by atoms with Crippen molar-refractivity contribution in [3.8, 4) is 27.9 Å². The zero-order valence-corrected chi connectivity index (χ0v) is 29.2. The Hall–Kier alpha value is -5.45. The van der Waals surface area contributed by atoms with Gasteiger partial charge in [-0.25, -0.2) is 0 Å². The Kier molecular flexibility index (Phi) is 6.50. The number of nitrogens with one attached hydrogen (secondary N) is 1. The van der Waals surface area contributed by atoms with Gasteiger partial charge in [-0.2, -0.15) is 0 Å². The maximum atomic E-state index is 3.91. The van der Waals surface area contributed by atoms with Crippen LogP contribution in [0.4, 0.5) is 11.4 Å². The van der Waals surface area contributed by atoms with Crippen molar-refractivity contribution in [1.29, 1.82) is 0 Å². The Balaban J connectivity index is 1.30. The van der Waals surface area contributed by atoms with Gasteiger partial charge in [0.1, 0.15) is 0 Å². The average Bonchev–Trinajstić information content (AvgIpc) is 3.48. The number of fused-ring (bicyclic) bond motifs is 7. The molecule has 10 rings (SSSR count). The van der Waals surface area contributed by atoms with Crippen LogP contribution in [0.25, 0.3) is 49.7 Å². The minimum Gasteiger partial charge on any atom is -0.355 e. The number of para-hydroxylation sites is 3. The van der Waals surface area contributed by atoms with E-state index in [4.69, 9.17) is 0 Å². The summed E-state index contributed by atoms with van der Waals surface area (Å²) in [5, 5.41) is 6.53. The largest absolute Gasteiger partial charge is 0.355 e. The normalized spacial score (nSPS) is 13.7. The van der Waals surface area contributed by atoms with Crippen LogP contribution in [-0.2, 0) is 5.41 Å². The van der Waals surface area contributed by atoms with Gasteiger partial charge in [0.25, 0.3) is 0 Å². The second-order valence-corrected chi connectivity index (χ2v) is 15.4. The van der Waals surface area contributed by atoms with Gasteiger partial charge in [-0.3, -0.25) is 0 Å². The Morgan fingerprint density at radius 3 is 2.26 bits per heavy atom. The molecule has 0 amide bonds. The van der Waals surface area contributed by atoms with Crippen LogP contribution in [-0.4, -0.2) is 11.8 Å². The number of benzene rings is 7. The fraction of sp³-hybridized carbons (Fsp3) is 0.0870. The van der Waals surface area contributed by atoms with Gasteiger partial charge >= 0.3 is 0 Å². The third-order valence-corrected chi connectivity index (χ3v) is 12.1. The number of rotatable bonds is 4. The maximum Gasteiger partial charge on any atom is 0.198 e. The van der Waals surface area contributed by atoms with E-state index in [1.807, 2.05) is 11.8 Å². The molecule has 7 aromatic carbocycles. The molecule has 1 aromatic heterocycles. The van der Waals surface area contributed by atoms with Gasteiger partial charge in [0, 0.05) is 54.1 Å². The minimum absolute atomic E-state index is 0.139. The quantitative estimate of drug-likeness (QED) is 0.190. The van der Waals surface area contributed by atoms with Crippen LogP contribution in [0, 0.1) is 6.92 Å². The molecule has 0 unspecified atom stereocenters. The highest BCUT2D eigenvalue weighted by molar-refractivity contribution is 7.99. The fourth-order valence-corrected chi connectivity index (χ4v) is 9.92. The molecule has 0 saturated heterocycles. The summed E-state index contributed by atoms with van der Waals surface area (Å²) in [6.45, 7) is 6.97. The molecule has 0 aliphatic carbocycles. The first-order valence-electron chi connectivity index (χ1n) is 17.5. The second-order valence-electron chi connectivity index (χ2n) is 14.3. The molecule has 0 saturated carbocycles. The van der Waals surface area contributed by atoms with Crippen molar-refractivity contribution in [1.82, 2.24) is 4.57 Å². The molecule has 8 aromatic rings. The van der Waals surface area contributed by atoms with Crippen molar-refractivity contribution in [2.24, 2.45) is 0 Å². The highest BCUT2D eigenvalue weighted by atomic mass is 32.2. The molecule has 1 N–H and O–H groups in total. The first-order valence-corrected chi connectivity index (χ1v) is 18.3. The summed E-state index contributed by atoms with van der Waals surface area (Å²) in [7, 11) is 0.871. The van der Waals surface area contributed by atoms with Crippen molar-refractivity contribution in [2.75, 3.05) is 5.32 Å². The van der Waals surface area contributed by atoms with E-state index in [1.54, 1.807) is 0 Å². The topological polar surface area (TPSA) is 17.0 Å². The number of aromatic nitrogens is 1. The lowest BCUT2D eigenvalue weighted by Gasteiger charge is -2.36. The lowest BCUT2D eigenvalue weighted by molar-refractivity contribution is 0.608. The van der Waals surface area contributed by atoms with E-state index in [0.717, 1.165) is 18.7 Å². The molecule has 4 heteroatoms. The van der Waals surface area contributed by atoms with E-state index in [2.05, 4.69) is 176 Å². The lowest BCUT2D eigenvalue weighted by atomic mass is 9.58. The molecule has 0 bridgehead atoms. The van der Waals surface area contributed by atoms with Gasteiger partial charge < -0.3 is 9.88 Å². The number of aryl methyl sites for hydroxylation is 1. The molecule has 0 atom stereocenters. The molecule has 0 spiro atoms. The van der Waals surface area contributed by atoms with E-state index >= 15 is 0 Å². The molecule has 238 valence electrons. The monoisotopic (exact) mass is 658 g/mol. The van der Waals surface area contributed by atoms with Gasteiger partial charge in [-0.1, -0.05) is 128 Å². The Morgan fingerprint density at radius 2 is 1.38 bits per heavy atom. The first kappa shape index (κ1) is 29.5. The van der Waals surface area contributed by atoms with Crippen molar-refractivity contribution < 1.29 is 0 Å². The molecule has 2 nitrogen and oxygen atoms in total. The Morgan fingerprint density at radius 1 is 0.620 bits per heavy atom. The van der Waals surface area contributed by atoms with Crippen LogP contribution in [0.15, 0.2) is 155 Å². The van der Waals surface area contributed by atoms with Crippen LogP contribution >= 0.6 is 11.8 Å². The molecule has 2 aliphatic heterocycles. The predicted octanol–water partition coefficient (Wildman–Crippen LogP) is 10.7. The highest BCUT2D eigenvalue weighted by Crippen LogP contribution is 2.52. The first-order chi connectivity index (χ1) is 24.5. The SMILES string of the molecule is Cc1ccccc1-c1cc(-c2cc3c(cc2Nc2ccccc2)C(C)(C)c2ccccc2S3)c2c(c1)-n1c3ccccc3c3cccc(c31)B2. The smallest absolute Gasteiger partial charge is 0.198 e. The van der Waals surface area contributed by atoms with Crippen LogP contribution in [0.2, 0.25) is 0 Å². The van der Waals surface area contributed by atoms with Crippen LogP contribution in [0.3, 0.4) is 0 Å². The summed E-state index contributed by atoms with van der Waals surface area (Å²) in [5.41, 5.74) is 17.7. The Labute approximate surface area is 298 Å². The van der Waals surface area contributed by atoms with Gasteiger partial charge in [0.05, 0.1) is 5.52 Å². The molecular weight excluding hydrogens is 623 g/mol. The molecule has 50 heavy (non-hydrogen) atoms. The standard InChI is InChI=1S/C46H35BN2S/c1-28-14-7-8-17-31(28)29-24-35(44-41(25-29)49-40-22-11-9-18-32(40)33-19-13-21-38(47-44)45(33)49)34-26-43-37(27-39(34)48-30-15-5-4-6-16-30)46(2,3)36-20-10-12-23-42(36)50-43/h4-27,47-48H,1-3H3. The average molecular weight is 659 g/mol. The summed E-state index contributed by atoms with van der Waals surface area (Å²) in [4.78, 5) is 2.66. The van der Waals surface area contributed by atoms with Crippen molar-refractivity contribution in [2.45, 2.75) is 36.0 Å². The number of hydrogen-bond acceptors (Lipinski definition) is 2. The van der Waals surface area contributed by atoms with Gasteiger partial charge in [0.15, 0.2) is 7.28 Å². The zero-order valence-electron chi connectivity index (χ0n) is 28.4. The van der Waals surface area contributed by atoms with Crippen LogP contribution in [0.1, 0.15) is 30.5 Å². The third-order valence-electron chi connectivity index (χ3n) is 11.0. The fourth-order valence-electron chi connectivity index (χ4n) is 8.50. The second kappa shape index (κ2) is 11.0. The van der Waals surface area contributed by atoms with Gasteiger partial charge in [-0.05, 0) is 94.3 Å². The minimum atomic E-state index is -0.139. The van der Waals surface area contributed by atoms with E-state index in [-0.39, 0.29) is 5.41 Å². The van der Waals surface area contributed by atoms with E-state index in [1.165, 1.54) is 87.2 Å². The van der Waals surface area contributed by atoms with Gasteiger partial charge in [-0.15, -0.1) is 0 Å². The third kappa shape index (κ3) is 4.38. The summed E-state index contributed by atoms with van der Waals surface area (Å²) in [6, 6.07) is 53.9. The molecule has 3 heterocycles. The molecule has 0 fully saturated rings. The Bertz CT molecular complexity index is 2670. The van der Waals surface area contributed by atoms with Crippen molar-refractivity contribution >= 4 is 63.1 Å². The zero-order chi connectivity index (χ0) is 33.6.